The smallest absolute Gasteiger partial charge is 0.545 e. The van der Waals surface area contributed by atoms with Crippen LogP contribution in [0, 0.1) is 0 Å². The molecule has 4 N–H and O–H groups in total. The molecular weight excluding hydrogens is 307 g/mol. The van der Waals surface area contributed by atoms with Crippen LogP contribution in [-0.2, 0) is 0 Å². The third-order valence-corrected chi connectivity index (χ3v) is 2.47. The predicted octanol–water partition coefficient (Wildman–Crippen LogP) is -1.46. The Morgan fingerprint density at radius 2 is 1.00 bits per heavy atom. The number of phenols is 4. The zero-order chi connectivity index (χ0) is 16.9. The molecule has 2 aromatic carbocycles. The summed E-state index contributed by atoms with van der Waals surface area (Å²) in [6.45, 7) is 0. The Balaban J connectivity index is 0.000000403. The van der Waals surface area contributed by atoms with E-state index < -0.39 is 46.1 Å². The maximum Gasteiger partial charge on any atom is 2.00 e. The standard InChI is InChI=1S/2C7H6O4.B/c2*8-5-3-1-2-4(6(5)9)7(10)11;/h2*1-3,8-9H,(H,10,11);/q;;+2/p-2. The SMILES string of the molecule is O=C([O-])c1cccc(O)c1O.O=C([O-])c1cccc(O)c1O.[B+2]. The van der Waals surface area contributed by atoms with Gasteiger partial charge in [0.2, 0.25) is 0 Å². The van der Waals surface area contributed by atoms with Crippen molar-refractivity contribution < 1.29 is 40.2 Å². The number of aromatic hydroxyl groups is 4. The number of carbonyl (C=O) groups is 2. The van der Waals surface area contributed by atoms with E-state index in [1.807, 2.05) is 0 Å². The van der Waals surface area contributed by atoms with Gasteiger partial charge in [-0.15, -0.1) is 0 Å². The van der Waals surface area contributed by atoms with Crippen LogP contribution in [0.15, 0.2) is 36.4 Å². The fraction of sp³-hybridized carbons (Fsp3) is 0. The van der Waals surface area contributed by atoms with Gasteiger partial charge in [-0.3, -0.25) is 0 Å². The van der Waals surface area contributed by atoms with Crippen LogP contribution in [0.5, 0.6) is 23.0 Å². The molecule has 0 spiro atoms. The zero-order valence-corrected chi connectivity index (χ0v) is 11.5. The average Bonchev–Trinajstić information content (AvgIpc) is 2.45. The third kappa shape index (κ3) is 4.85. The number of aromatic carboxylic acids is 2. The molecule has 1 radical (unpaired) electrons. The van der Waals surface area contributed by atoms with Gasteiger partial charge in [0.1, 0.15) is 0 Å². The minimum absolute atomic E-state index is 0. The van der Waals surface area contributed by atoms with Crippen molar-refractivity contribution in [1.29, 1.82) is 0 Å². The molecule has 0 atom stereocenters. The van der Waals surface area contributed by atoms with Gasteiger partial charge in [-0.2, -0.15) is 0 Å². The maximum atomic E-state index is 10.2. The summed E-state index contributed by atoms with van der Waals surface area (Å²) in [5, 5.41) is 55.8. The molecule has 0 amide bonds. The van der Waals surface area contributed by atoms with E-state index in [0.29, 0.717) is 0 Å². The predicted molar refractivity (Wildman–Crippen MR) is 74.0 cm³/mol. The Hall–Kier alpha value is -3.36. The second-order valence-corrected chi connectivity index (χ2v) is 3.92. The van der Waals surface area contributed by atoms with E-state index in [4.69, 9.17) is 20.4 Å². The Kier molecular flexibility index (Phi) is 6.98. The summed E-state index contributed by atoms with van der Waals surface area (Å²) in [4.78, 5) is 20.4. The van der Waals surface area contributed by atoms with Crippen LogP contribution in [-0.4, -0.2) is 40.8 Å². The molecule has 0 fully saturated rings. The summed E-state index contributed by atoms with van der Waals surface area (Å²) < 4.78 is 0. The van der Waals surface area contributed by atoms with Crippen LogP contribution < -0.4 is 10.2 Å². The minimum Gasteiger partial charge on any atom is -0.545 e. The van der Waals surface area contributed by atoms with Crippen molar-refractivity contribution in [2.45, 2.75) is 0 Å². The monoisotopic (exact) mass is 317 g/mol. The number of carboxylic acids is 2. The molecule has 0 saturated heterocycles. The molecule has 0 aliphatic carbocycles. The Morgan fingerprint density at radius 1 is 0.696 bits per heavy atom. The minimum atomic E-state index is -1.52. The fourth-order valence-corrected chi connectivity index (χ4v) is 1.39. The third-order valence-electron chi connectivity index (χ3n) is 2.47. The Morgan fingerprint density at radius 3 is 1.22 bits per heavy atom. The number of rotatable bonds is 2. The number of carbonyl (C=O) groups excluding carboxylic acids is 2. The number of benzene rings is 2. The van der Waals surface area contributed by atoms with Crippen LogP contribution >= 0.6 is 0 Å². The molecule has 0 aliphatic rings. The van der Waals surface area contributed by atoms with E-state index >= 15 is 0 Å². The van der Waals surface area contributed by atoms with Crippen LogP contribution in [0.4, 0.5) is 0 Å². The fourth-order valence-electron chi connectivity index (χ4n) is 1.39. The van der Waals surface area contributed by atoms with Gasteiger partial charge in [0, 0.05) is 11.1 Å². The van der Waals surface area contributed by atoms with Crippen molar-refractivity contribution >= 4 is 20.4 Å². The molecular formula is C14H10BO8. The summed E-state index contributed by atoms with van der Waals surface area (Å²) in [6, 6.07) is 7.26. The van der Waals surface area contributed by atoms with Gasteiger partial charge in [0.15, 0.2) is 23.0 Å². The Labute approximate surface area is 132 Å². The number of phenolic OH excluding ortho intramolecular Hbond substituents is 2. The van der Waals surface area contributed by atoms with Crippen molar-refractivity contribution in [2.24, 2.45) is 0 Å². The first kappa shape index (κ1) is 19.6. The molecule has 117 valence electrons. The van der Waals surface area contributed by atoms with Crippen LogP contribution in [0.2, 0.25) is 0 Å². The molecule has 2 rings (SSSR count). The quantitative estimate of drug-likeness (QED) is 0.386. The number of hydrogen-bond acceptors (Lipinski definition) is 8. The van der Waals surface area contributed by atoms with Crippen molar-refractivity contribution in [2.75, 3.05) is 0 Å². The summed E-state index contributed by atoms with van der Waals surface area (Å²) in [5.41, 5.74) is -0.824. The molecule has 0 aliphatic heterocycles. The van der Waals surface area contributed by atoms with Gasteiger partial charge in [-0.05, 0) is 24.3 Å². The van der Waals surface area contributed by atoms with Gasteiger partial charge < -0.3 is 40.2 Å². The largest absolute Gasteiger partial charge is 2.00 e. The van der Waals surface area contributed by atoms with Crippen molar-refractivity contribution in [3.05, 3.63) is 47.5 Å². The molecule has 23 heavy (non-hydrogen) atoms. The second-order valence-electron chi connectivity index (χ2n) is 3.92. The summed E-state index contributed by atoms with van der Waals surface area (Å²) >= 11 is 0. The molecule has 8 nitrogen and oxygen atoms in total. The average molecular weight is 317 g/mol. The van der Waals surface area contributed by atoms with E-state index in [2.05, 4.69) is 0 Å². The maximum absolute atomic E-state index is 10.2. The van der Waals surface area contributed by atoms with E-state index in [1.165, 1.54) is 24.3 Å². The van der Waals surface area contributed by atoms with Gasteiger partial charge in [-0.25, -0.2) is 0 Å². The molecule has 0 saturated carbocycles. The molecule has 0 bridgehead atoms. The van der Waals surface area contributed by atoms with Gasteiger partial charge >= 0.3 is 8.41 Å². The van der Waals surface area contributed by atoms with Crippen LogP contribution in [0.1, 0.15) is 20.7 Å². The molecule has 2 aromatic rings. The second kappa shape index (κ2) is 8.18. The number of carboxylic acid groups (broad SMARTS) is 2. The van der Waals surface area contributed by atoms with Crippen LogP contribution in [0.25, 0.3) is 0 Å². The zero-order valence-electron chi connectivity index (χ0n) is 11.5. The van der Waals surface area contributed by atoms with Crippen LogP contribution in [0.3, 0.4) is 0 Å². The summed E-state index contributed by atoms with van der Waals surface area (Å²) in [7, 11) is 0. The van der Waals surface area contributed by atoms with Gasteiger partial charge in [0.05, 0.1) is 11.9 Å². The molecule has 9 heteroatoms. The van der Waals surface area contributed by atoms with E-state index in [1.54, 1.807) is 0 Å². The first-order valence-corrected chi connectivity index (χ1v) is 5.70. The number of para-hydroxylation sites is 2. The molecule has 0 aromatic heterocycles. The first-order chi connectivity index (χ1) is 10.3. The van der Waals surface area contributed by atoms with Gasteiger partial charge in [-0.1, -0.05) is 12.1 Å². The normalized spacial score (nSPS) is 9.04. The number of hydrogen-bond donors (Lipinski definition) is 4. The van der Waals surface area contributed by atoms with E-state index in [-0.39, 0.29) is 8.41 Å². The molecule has 0 unspecified atom stereocenters. The van der Waals surface area contributed by atoms with Crippen molar-refractivity contribution in [1.82, 2.24) is 0 Å². The summed E-state index contributed by atoms with van der Waals surface area (Å²) in [5.74, 6) is -5.28. The van der Waals surface area contributed by atoms with E-state index in [9.17, 15) is 19.8 Å². The summed E-state index contributed by atoms with van der Waals surface area (Å²) in [6.07, 6.45) is 0. The topological polar surface area (TPSA) is 161 Å². The van der Waals surface area contributed by atoms with Crippen molar-refractivity contribution in [3.8, 4) is 23.0 Å². The van der Waals surface area contributed by atoms with Gasteiger partial charge in [0.25, 0.3) is 0 Å². The first-order valence-electron chi connectivity index (χ1n) is 5.70. The van der Waals surface area contributed by atoms with Crippen molar-refractivity contribution in [3.63, 3.8) is 0 Å². The molecule has 0 heterocycles. The van der Waals surface area contributed by atoms with E-state index in [0.717, 1.165) is 12.1 Å². The Bertz CT molecular complexity index is 652.